The molecule has 2 aromatic carbocycles. The summed E-state index contributed by atoms with van der Waals surface area (Å²) in [5, 5.41) is 3.04. The van der Waals surface area contributed by atoms with Crippen molar-refractivity contribution in [2.24, 2.45) is 0 Å². The normalized spacial score (nSPS) is 15.7. The Morgan fingerprint density at radius 2 is 1.62 bits per heavy atom. The molecule has 4 nitrogen and oxygen atoms in total. The van der Waals surface area contributed by atoms with E-state index in [2.05, 4.69) is 58.4 Å². The molecule has 1 aliphatic heterocycles. The fraction of sp³-hybridized carbons (Fsp3) is 0.409. The van der Waals surface area contributed by atoms with Crippen molar-refractivity contribution in [3.05, 3.63) is 71.3 Å². The molecule has 0 radical (unpaired) electrons. The Labute approximate surface area is 156 Å². The van der Waals surface area contributed by atoms with Gasteiger partial charge in [-0.1, -0.05) is 60.2 Å². The second kappa shape index (κ2) is 9.51. The van der Waals surface area contributed by atoms with E-state index >= 15 is 0 Å². The molecular formula is C22H29N3O. The van der Waals surface area contributed by atoms with Crippen LogP contribution in [-0.2, 0) is 17.8 Å². The summed E-state index contributed by atoms with van der Waals surface area (Å²) in [6.07, 6.45) is 0.886. The monoisotopic (exact) mass is 351 g/mol. The topological polar surface area (TPSA) is 35.6 Å². The number of piperazine rings is 1. The highest BCUT2D eigenvalue weighted by Gasteiger charge is 2.18. The smallest absolute Gasteiger partial charge is 0.234 e. The lowest BCUT2D eigenvalue weighted by molar-refractivity contribution is -0.122. The third-order valence-electron chi connectivity index (χ3n) is 4.90. The van der Waals surface area contributed by atoms with Gasteiger partial charge in [0.1, 0.15) is 0 Å². The van der Waals surface area contributed by atoms with E-state index in [0.29, 0.717) is 13.1 Å². The molecule has 0 saturated carbocycles. The molecule has 2 aromatic rings. The molecule has 1 saturated heterocycles. The number of hydrogen-bond acceptors (Lipinski definition) is 3. The van der Waals surface area contributed by atoms with Gasteiger partial charge < -0.3 is 5.32 Å². The predicted molar refractivity (Wildman–Crippen MR) is 106 cm³/mol. The van der Waals surface area contributed by atoms with Crippen LogP contribution in [0.15, 0.2) is 54.6 Å². The summed E-state index contributed by atoms with van der Waals surface area (Å²) in [7, 11) is 0. The number of nitrogens with one attached hydrogen (secondary N) is 1. The zero-order valence-electron chi connectivity index (χ0n) is 15.7. The van der Waals surface area contributed by atoms with Crippen molar-refractivity contribution in [2.45, 2.75) is 19.9 Å². The van der Waals surface area contributed by atoms with Crippen LogP contribution < -0.4 is 5.32 Å². The molecule has 1 aliphatic rings. The fourth-order valence-electron chi connectivity index (χ4n) is 3.42. The SMILES string of the molecule is Cc1cccc(CN2CCN(CC(=O)NCCc3ccccc3)CC2)c1. The molecule has 1 N–H and O–H groups in total. The van der Waals surface area contributed by atoms with Crippen LogP contribution in [0.4, 0.5) is 0 Å². The maximum absolute atomic E-state index is 12.1. The quantitative estimate of drug-likeness (QED) is 0.832. The maximum atomic E-state index is 12.1. The van der Waals surface area contributed by atoms with E-state index in [9.17, 15) is 4.79 Å². The molecule has 0 aliphatic carbocycles. The number of carbonyl (C=O) groups excluding carboxylic acids is 1. The number of benzene rings is 2. The summed E-state index contributed by atoms with van der Waals surface area (Å²) in [5.41, 5.74) is 3.95. The Bertz CT molecular complexity index is 694. The van der Waals surface area contributed by atoms with Gasteiger partial charge in [-0.3, -0.25) is 14.6 Å². The Morgan fingerprint density at radius 1 is 0.923 bits per heavy atom. The van der Waals surface area contributed by atoms with Gasteiger partial charge in [0, 0.05) is 39.3 Å². The molecule has 26 heavy (non-hydrogen) atoms. The minimum absolute atomic E-state index is 0.132. The summed E-state index contributed by atoms with van der Waals surface area (Å²) in [4.78, 5) is 16.9. The van der Waals surface area contributed by atoms with Crippen molar-refractivity contribution >= 4 is 5.91 Å². The van der Waals surface area contributed by atoms with Gasteiger partial charge >= 0.3 is 0 Å². The van der Waals surface area contributed by atoms with Gasteiger partial charge in [-0.15, -0.1) is 0 Å². The predicted octanol–water partition coefficient (Wildman–Crippen LogP) is 2.47. The molecule has 1 heterocycles. The van der Waals surface area contributed by atoms with E-state index in [4.69, 9.17) is 0 Å². The van der Waals surface area contributed by atoms with Crippen LogP contribution in [-0.4, -0.2) is 55.0 Å². The second-order valence-electron chi connectivity index (χ2n) is 7.13. The summed E-state index contributed by atoms with van der Waals surface area (Å²) in [6.45, 7) is 8.30. The van der Waals surface area contributed by atoms with Crippen molar-refractivity contribution in [3.8, 4) is 0 Å². The molecular weight excluding hydrogens is 322 g/mol. The van der Waals surface area contributed by atoms with Gasteiger partial charge in [0.15, 0.2) is 0 Å². The zero-order chi connectivity index (χ0) is 18.2. The second-order valence-corrected chi connectivity index (χ2v) is 7.13. The van der Waals surface area contributed by atoms with E-state index < -0.39 is 0 Å². The van der Waals surface area contributed by atoms with E-state index in [1.165, 1.54) is 16.7 Å². The highest BCUT2D eigenvalue weighted by atomic mass is 16.2. The molecule has 1 fully saturated rings. The molecule has 0 atom stereocenters. The average Bonchev–Trinajstić information content (AvgIpc) is 2.64. The van der Waals surface area contributed by atoms with Crippen LogP contribution in [0, 0.1) is 6.92 Å². The maximum Gasteiger partial charge on any atom is 0.234 e. The lowest BCUT2D eigenvalue weighted by Crippen LogP contribution is -2.49. The number of hydrogen-bond donors (Lipinski definition) is 1. The first-order valence-corrected chi connectivity index (χ1v) is 9.50. The summed E-state index contributed by atoms with van der Waals surface area (Å²) < 4.78 is 0. The van der Waals surface area contributed by atoms with Gasteiger partial charge in [-0.05, 0) is 24.5 Å². The van der Waals surface area contributed by atoms with E-state index in [-0.39, 0.29) is 5.91 Å². The summed E-state index contributed by atoms with van der Waals surface area (Å²) in [6, 6.07) is 19.0. The number of nitrogens with zero attached hydrogens (tertiary/aromatic N) is 2. The molecule has 0 spiro atoms. The highest BCUT2D eigenvalue weighted by molar-refractivity contribution is 5.78. The third kappa shape index (κ3) is 5.97. The minimum Gasteiger partial charge on any atom is -0.355 e. The molecule has 0 unspecified atom stereocenters. The van der Waals surface area contributed by atoms with Crippen molar-refractivity contribution in [2.75, 3.05) is 39.3 Å². The first-order valence-electron chi connectivity index (χ1n) is 9.50. The number of aryl methyl sites for hydroxylation is 1. The van der Waals surface area contributed by atoms with E-state index in [0.717, 1.165) is 39.1 Å². The Hall–Kier alpha value is -2.17. The summed E-state index contributed by atoms with van der Waals surface area (Å²) >= 11 is 0. The minimum atomic E-state index is 0.132. The van der Waals surface area contributed by atoms with Gasteiger partial charge in [-0.25, -0.2) is 0 Å². The van der Waals surface area contributed by atoms with Crippen LogP contribution in [0.5, 0.6) is 0 Å². The molecule has 0 aromatic heterocycles. The van der Waals surface area contributed by atoms with Crippen LogP contribution >= 0.6 is 0 Å². The molecule has 0 bridgehead atoms. The first-order chi connectivity index (χ1) is 12.7. The first kappa shape index (κ1) is 18.6. The van der Waals surface area contributed by atoms with E-state index in [1.807, 2.05) is 18.2 Å². The molecule has 3 rings (SSSR count). The zero-order valence-corrected chi connectivity index (χ0v) is 15.7. The van der Waals surface area contributed by atoms with Gasteiger partial charge in [0.2, 0.25) is 5.91 Å². The van der Waals surface area contributed by atoms with E-state index in [1.54, 1.807) is 0 Å². The fourth-order valence-corrected chi connectivity index (χ4v) is 3.42. The van der Waals surface area contributed by atoms with Crippen LogP contribution in [0.2, 0.25) is 0 Å². The average molecular weight is 351 g/mol. The van der Waals surface area contributed by atoms with Gasteiger partial charge in [-0.2, -0.15) is 0 Å². The third-order valence-corrected chi connectivity index (χ3v) is 4.90. The van der Waals surface area contributed by atoms with Crippen molar-refractivity contribution in [1.29, 1.82) is 0 Å². The van der Waals surface area contributed by atoms with Gasteiger partial charge in [0.05, 0.1) is 6.54 Å². The lowest BCUT2D eigenvalue weighted by atomic mass is 10.1. The molecule has 1 amide bonds. The molecule has 4 heteroatoms. The number of carbonyl (C=O) groups is 1. The lowest BCUT2D eigenvalue weighted by Gasteiger charge is -2.34. The van der Waals surface area contributed by atoms with Gasteiger partial charge in [0.25, 0.3) is 0 Å². The largest absolute Gasteiger partial charge is 0.355 e. The number of rotatable bonds is 7. The molecule has 138 valence electrons. The van der Waals surface area contributed by atoms with Crippen LogP contribution in [0.25, 0.3) is 0 Å². The van der Waals surface area contributed by atoms with Crippen molar-refractivity contribution in [3.63, 3.8) is 0 Å². The van der Waals surface area contributed by atoms with Crippen LogP contribution in [0.3, 0.4) is 0 Å². The number of amides is 1. The van der Waals surface area contributed by atoms with Crippen LogP contribution in [0.1, 0.15) is 16.7 Å². The van der Waals surface area contributed by atoms with Crippen molar-refractivity contribution < 1.29 is 4.79 Å². The van der Waals surface area contributed by atoms with Crippen molar-refractivity contribution in [1.82, 2.24) is 15.1 Å². The Morgan fingerprint density at radius 3 is 2.35 bits per heavy atom. The Balaban J connectivity index is 1.33. The summed E-state index contributed by atoms with van der Waals surface area (Å²) in [5.74, 6) is 0.132. The standard InChI is InChI=1S/C22H29N3O/c1-19-6-5-9-21(16-19)17-24-12-14-25(15-13-24)18-22(26)23-11-10-20-7-3-2-4-8-20/h2-9,16H,10-15,17-18H2,1H3,(H,23,26). The highest BCUT2D eigenvalue weighted by Crippen LogP contribution is 2.10. The Kier molecular flexibility index (Phi) is 6.81.